The molecule has 2 aromatic carbocycles. The summed E-state index contributed by atoms with van der Waals surface area (Å²) >= 11 is 0. The molecule has 0 radical (unpaired) electrons. The lowest BCUT2D eigenvalue weighted by atomic mass is 9.95. The van der Waals surface area contributed by atoms with Gasteiger partial charge in [0.15, 0.2) is 0 Å². The fourth-order valence-electron chi connectivity index (χ4n) is 5.82. The van der Waals surface area contributed by atoms with Crippen molar-refractivity contribution in [3.63, 3.8) is 0 Å². The Bertz CT molecular complexity index is 1640. The number of amides is 2. The Kier molecular flexibility index (Phi) is 6.04. The van der Waals surface area contributed by atoms with E-state index in [0.29, 0.717) is 55.8 Å². The molecule has 0 spiro atoms. The van der Waals surface area contributed by atoms with Crippen molar-refractivity contribution in [2.45, 2.75) is 31.2 Å². The molecular formula is C29H27N7O4. The largest absolute Gasteiger partial charge is 0.377 e. The van der Waals surface area contributed by atoms with Crippen LogP contribution in [0.25, 0.3) is 22.3 Å². The van der Waals surface area contributed by atoms with E-state index in [2.05, 4.69) is 16.3 Å². The molecule has 4 aromatic rings. The van der Waals surface area contributed by atoms with Crippen molar-refractivity contribution in [3.05, 3.63) is 60.1 Å². The van der Waals surface area contributed by atoms with Gasteiger partial charge in [-0.25, -0.2) is 0 Å². The van der Waals surface area contributed by atoms with Crippen LogP contribution in [0.2, 0.25) is 0 Å². The monoisotopic (exact) mass is 537 g/mol. The smallest absolute Gasteiger partial charge is 0.230 e. The molecule has 7 rings (SSSR count). The second-order valence-electron chi connectivity index (χ2n) is 10.7. The van der Waals surface area contributed by atoms with Gasteiger partial charge >= 0.3 is 0 Å². The van der Waals surface area contributed by atoms with Crippen molar-refractivity contribution in [3.8, 4) is 17.5 Å². The summed E-state index contributed by atoms with van der Waals surface area (Å²) in [6.07, 6.45) is 3.48. The second kappa shape index (κ2) is 9.88. The summed E-state index contributed by atoms with van der Waals surface area (Å²) < 4.78 is 13.0. The number of hydrogen-bond acceptors (Lipinski definition) is 8. The van der Waals surface area contributed by atoms with Gasteiger partial charge < -0.3 is 19.1 Å². The summed E-state index contributed by atoms with van der Waals surface area (Å²) in [7, 11) is 0. The van der Waals surface area contributed by atoms with Crippen LogP contribution in [-0.4, -0.2) is 69.5 Å². The first-order valence-corrected chi connectivity index (χ1v) is 13.6. The van der Waals surface area contributed by atoms with E-state index >= 15 is 0 Å². The molecule has 0 bridgehead atoms. The second-order valence-corrected chi connectivity index (χ2v) is 10.7. The molecule has 11 heteroatoms. The number of fused-ring (bicyclic) bond motifs is 1. The number of nitriles is 1. The lowest BCUT2D eigenvalue weighted by molar-refractivity contribution is -0.136. The molecule has 1 atom stereocenters. The van der Waals surface area contributed by atoms with Gasteiger partial charge in [0.2, 0.25) is 23.5 Å². The molecule has 0 aliphatic carbocycles. The number of nitrogens with zero attached hydrogens (tertiary/aromatic N) is 7. The molecule has 5 heterocycles. The van der Waals surface area contributed by atoms with Crippen molar-refractivity contribution in [1.82, 2.24) is 24.8 Å². The molecule has 0 unspecified atom stereocenters. The van der Waals surface area contributed by atoms with Gasteiger partial charge in [0.05, 0.1) is 48.5 Å². The van der Waals surface area contributed by atoms with Gasteiger partial charge in [0.25, 0.3) is 0 Å². The first-order chi connectivity index (χ1) is 19.6. The van der Waals surface area contributed by atoms with Crippen LogP contribution in [-0.2, 0) is 14.3 Å². The van der Waals surface area contributed by atoms with Crippen molar-refractivity contribution >= 4 is 28.4 Å². The van der Waals surface area contributed by atoms with E-state index in [9.17, 15) is 14.9 Å². The van der Waals surface area contributed by atoms with Crippen LogP contribution in [0.5, 0.6) is 0 Å². The third-order valence-electron chi connectivity index (χ3n) is 8.18. The zero-order valence-electron chi connectivity index (χ0n) is 21.8. The van der Waals surface area contributed by atoms with Crippen molar-refractivity contribution in [2.24, 2.45) is 5.92 Å². The molecule has 2 amide bonds. The Morgan fingerprint density at radius 3 is 2.73 bits per heavy atom. The van der Waals surface area contributed by atoms with E-state index in [1.807, 2.05) is 34.0 Å². The van der Waals surface area contributed by atoms with E-state index in [1.165, 1.54) is 0 Å². The number of hydrogen-bond donors (Lipinski definition) is 0. The van der Waals surface area contributed by atoms with E-state index in [4.69, 9.17) is 14.2 Å². The van der Waals surface area contributed by atoms with Crippen molar-refractivity contribution in [1.29, 1.82) is 5.26 Å². The molecule has 11 nitrogen and oxygen atoms in total. The Morgan fingerprint density at radius 2 is 1.95 bits per heavy atom. The number of likely N-dealkylation sites (tertiary alicyclic amines) is 1. The number of piperidine rings is 1. The van der Waals surface area contributed by atoms with Crippen LogP contribution in [0.1, 0.15) is 42.7 Å². The van der Waals surface area contributed by atoms with Crippen molar-refractivity contribution in [2.75, 3.05) is 37.7 Å². The number of rotatable bonds is 5. The third kappa shape index (κ3) is 4.30. The molecule has 3 fully saturated rings. The maximum Gasteiger partial charge on any atom is 0.230 e. The van der Waals surface area contributed by atoms with Crippen LogP contribution < -0.4 is 4.90 Å². The average Bonchev–Trinajstić information content (AvgIpc) is 3.71. The minimum Gasteiger partial charge on any atom is -0.377 e. The molecule has 40 heavy (non-hydrogen) atoms. The standard InChI is InChI=1S/C29H27N7O4/c30-13-18-2-1-3-23(10-18)35-15-22(12-26(35)37)29(38)34-8-6-19(7-9-34)28-32-27(33-40-28)20-4-5-21-14-31-36(25(21)11-20)24-16-39-17-24/h1-5,10-11,14,19,22,24H,6-9,12,15-17H2/t22-/m0/s1. The highest BCUT2D eigenvalue weighted by molar-refractivity contribution is 6.00. The number of benzene rings is 2. The molecule has 202 valence electrons. The van der Waals surface area contributed by atoms with Crippen LogP contribution in [0.3, 0.4) is 0 Å². The summed E-state index contributed by atoms with van der Waals surface area (Å²) in [6, 6.07) is 15.3. The maximum absolute atomic E-state index is 13.3. The van der Waals surface area contributed by atoms with Gasteiger partial charge in [-0.15, -0.1) is 0 Å². The number of carbonyl (C=O) groups excluding carboxylic acids is 2. The summed E-state index contributed by atoms with van der Waals surface area (Å²) in [6.45, 7) is 2.81. The molecule has 2 aromatic heterocycles. The first kappa shape index (κ1) is 24.5. The van der Waals surface area contributed by atoms with Gasteiger partial charge in [-0.2, -0.15) is 15.3 Å². The van der Waals surface area contributed by atoms with Gasteiger partial charge in [-0.1, -0.05) is 23.4 Å². The minimum absolute atomic E-state index is 0.00117. The summed E-state index contributed by atoms with van der Waals surface area (Å²) in [4.78, 5) is 34.2. The molecule has 3 aliphatic heterocycles. The predicted molar refractivity (Wildman–Crippen MR) is 143 cm³/mol. The maximum atomic E-state index is 13.3. The van der Waals surface area contributed by atoms with Crippen molar-refractivity contribution < 1.29 is 18.8 Å². The Hall–Kier alpha value is -4.56. The number of carbonyl (C=O) groups is 2. The highest BCUT2D eigenvalue weighted by Gasteiger charge is 2.38. The number of ether oxygens (including phenoxy) is 1. The molecule has 0 N–H and O–H groups in total. The predicted octanol–water partition coefficient (Wildman–Crippen LogP) is 3.29. The van der Waals surface area contributed by atoms with E-state index in [0.717, 1.165) is 29.3 Å². The highest BCUT2D eigenvalue weighted by atomic mass is 16.5. The summed E-state index contributed by atoms with van der Waals surface area (Å²) in [5.41, 5.74) is 3.03. The van der Waals surface area contributed by atoms with Crippen LogP contribution >= 0.6 is 0 Å². The number of aromatic nitrogens is 4. The van der Waals surface area contributed by atoms with E-state index in [-0.39, 0.29) is 36.1 Å². The zero-order chi connectivity index (χ0) is 27.2. The molecule has 3 aliphatic rings. The summed E-state index contributed by atoms with van der Waals surface area (Å²) in [5.74, 6) is 0.713. The quantitative estimate of drug-likeness (QED) is 0.379. The van der Waals surface area contributed by atoms with Crippen LogP contribution in [0.4, 0.5) is 5.69 Å². The fourth-order valence-corrected chi connectivity index (χ4v) is 5.82. The molecule has 0 saturated carbocycles. The highest BCUT2D eigenvalue weighted by Crippen LogP contribution is 2.33. The zero-order valence-corrected chi connectivity index (χ0v) is 21.8. The van der Waals surface area contributed by atoms with Gasteiger partial charge in [0, 0.05) is 48.6 Å². The van der Waals surface area contributed by atoms with Gasteiger partial charge in [-0.05, 0) is 37.1 Å². The van der Waals surface area contributed by atoms with Crippen LogP contribution in [0.15, 0.2) is 53.2 Å². The Morgan fingerprint density at radius 1 is 1.10 bits per heavy atom. The van der Waals surface area contributed by atoms with E-state index < -0.39 is 0 Å². The fraction of sp³-hybridized carbons (Fsp3) is 0.379. The SMILES string of the molecule is N#Cc1cccc(N2C[C@@H](C(=O)N3CCC(c4nc(-c5ccc6cnn(C7COC7)c6c5)no4)CC3)CC2=O)c1. The van der Waals surface area contributed by atoms with E-state index in [1.54, 1.807) is 29.2 Å². The topological polar surface area (TPSA) is 130 Å². The Balaban J connectivity index is 0.990. The molecular weight excluding hydrogens is 510 g/mol. The Labute approximate surface area is 229 Å². The number of anilines is 1. The first-order valence-electron chi connectivity index (χ1n) is 13.6. The lowest BCUT2D eigenvalue weighted by Crippen LogP contribution is -2.42. The lowest BCUT2D eigenvalue weighted by Gasteiger charge is -2.32. The average molecular weight is 538 g/mol. The normalized spacial score (nSPS) is 20.2. The minimum atomic E-state index is -0.389. The summed E-state index contributed by atoms with van der Waals surface area (Å²) in [5, 5.41) is 19.0. The third-order valence-corrected chi connectivity index (χ3v) is 8.18. The van der Waals surface area contributed by atoms with Crippen LogP contribution in [0, 0.1) is 17.2 Å². The molecule has 3 saturated heterocycles. The van der Waals surface area contributed by atoms with Gasteiger partial charge in [0.1, 0.15) is 0 Å². The van der Waals surface area contributed by atoms with Gasteiger partial charge in [-0.3, -0.25) is 14.3 Å².